The Morgan fingerprint density at radius 1 is 1.40 bits per heavy atom. The summed E-state index contributed by atoms with van der Waals surface area (Å²) in [5.74, 6) is 0.0275. The summed E-state index contributed by atoms with van der Waals surface area (Å²) in [4.78, 5) is 16.0. The smallest absolute Gasteiger partial charge is 0.256 e. The van der Waals surface area contributed by atoms with Crippen molar-refractivity contribution in [1.29, 1.82) is 0 Å². The van der Waals surface area contributed by atoms with E-state index >= 15 is 0 Å². The highest BCUT2D eigenvalue weighted by Gasteiger charge is 2.31. The van der Waals surface area contributed by atoms with Crippen LogP contribution in [0.5, 0.6) is 0 Å². The van der Waals surface area contributed by atoms with Crippen molar-refractivity contribution in [3.63, 3.8) is 0 Å². The Morgan fingerprint density at radius 3 is 3.00 bits per heavy atom. The summed E-state index contributed by atoms with van der Waals surface area (Å²) in [7, 11) is 0. The number of rotatable bonds is 2. The van der Waals surface area contributed by atoms with Crippen LogP contribution in [0.15, 0.2) is 40.2 Å². The highest BCUT2D eigenvalue weighted by molar-refractivity contribution is 9.10. The second-order valence-corrected chi connectivity index (χ2v) is 6.80. The number of carbonyl (C=O) groups excluding carboxylic acids is 1. The molecule has 1 fully saturated rings. The predicted octanol–water partition coefficient (Wildman–Crippen LogP) is 4.07. The Kier molecular flexibility index (Phi) is 3.81. The number of carbonyl (C=O) groups is 1. The Morgan fingerprint density at radius 2 is 2.25 bits per heavy atom. The lowest BCUT2D eigenvalue weighted by Gasteiger charge is -2.24. The lowest BCUT2D eigenvalue weighted by molar-refractivity contribution is 0.0739. The summed E-state index contributed by atoms with van der Waals surface area (Å²) < 4.78 is 0.877. The maximum Gasteiger partial charge on any atom is 0.256 e. The molecule has 1 saturated heterocycles. The zero-order valence-corrected chi connectivity index (χ0v) is 13.3. The zero-order valence-electron chi connectivity index (χ0n) is 10.9. The van der Waals surface area contributed by atoms with Gasteiger partial charge in [0.1, 0.15) is 0 Å². The third-order valence-electron chi connectivity index (χ3n) is 3.63. The van der Waals surface area contributed by atoms with Gasteiger partial charge < -0.3 is 10.6 Å². The average Bonchev–Trinajstić information content (AvgIpc) is 3.10. The van der Waals surface area contributed by atoms with E-state index in [9.17, 15) is 4.79 Å². The molecule has 1 aliphatic rings. The average molecular weight is 351 g/mol. The molecule has 2 N–H and O–H groups in total. The summed E-state index contributed by atoms with van der Waals surface area (Å²) in [5, 5.41) is 2.06. The van der Waals surface area contributed by atoms with E-state index in [4.69, 9.17) is 5.73 Å². The lowest BCUT2D eigenvalue weighted by atomic mass is 10.1. The Balaban J connectivity index is 1.91. The van der Waals surface area contributed by atoms with Crippen molar-refractivity contribution in [1.82, 2.24) is 4.90 Å². The molecule has 0 saturated carbocycles. The third kappa shape index (κ3) is 2.47. The molecule has 0 spiro atoms. The van der Waals surface area contributed by atoms with Crippen LogP contribution >= 0.6 is 27.3 Å². The molecule has 1 unspecified atom stereocenters. The van der Waals surface area contributed by atoms with E-state index in [2.05, 4.69) is 27.4 Å². The molecule has 1 aromatic heterocycles. The Hall–Kier alpha value is -1.33. The van der Waals surface area contributed by atoms with Gasteiger partial charge in [0.15, 0.2) is 0 Å². The number of halogens is 1. The van der Waals surface area contributed by atoms with Crippen molar-refractivity contribution in [2.45, 2.75) is 18.9 Å². The molecule has 0 bridgehead atoms. The maximum absolute atomic E-state index is 12.8. The van der Waals surface area contributed by atoms with Gasteiger partial charge >= 0.3 is 0 Å². The zero-order chi connectivity index (χ0) is 14.1. The van der Waals surface area contributed by atoms with Crippen molar-refractivity contribution in [2.75, 3.05) is 12.3 Å². The van der Waals surface area contributed by atoms with Gasteiger partial charge in [0.25, 0.3) is 5.91 Å². The molecule has 1 aromatic carbocycles. The summed E-state index contributed by atoms with van der Waals surface area (Å²) in [6.45, 7) is 0.799. The number of benzene rings is 1. The van der Waals surface area contributed by atoms with Crippen LogP contribution in [-0.4, -0.2) is 17.4 Å². The molecule has 3 rings (SSSR count). The maximum atomic E-state index is 12.8. The number of nitrogens with zero attached hydrogens (tertiary/aromatic N) is 1. The van der Waals surface area contributed by atoms with Gasteiger partial charge in [-0.05, 0) is 42.5 Å². The van der Waals surface area contributed by atoms with E-state index in [0.29, 0.717) is 11.3 Å². The van der Waals surface area contributed by atoms with Crippen LogP contribution in [0.25, 0.3) is 0 Å². The van der Waals surface area contributed by atoms with Crippen molar-refractivity contribution < 1.29 is 4.79 Å². The normalized spacial score (nSPS) is 18.4. The highest BCUT2D eigenvalue weighted by Crippen LogP contribution is 2.36. The van der Waals surface area contributed by atoms with Crippen LogP contribution in [0, 0.1) is 0 Å². The van der Waals surface area contributed by atoms with Gasteiger partial charge in [0.2, 0.25) is 0 Å². The minimum atomic E-state index is 0.0275. The van der Waals surface area contributed by atoms with Gasteiger partial charge in [0, 0.05) is 21.6 Å². The topological polar surface area (TPSA) is 46.3 Å². The predicted molar refractivity (Wildman–Crippen MR) is 85.9 cm³/mol. The van der Waals surface area contributed by atoms with E-state index < -0.39 is 0 Å². The molecule has 20 heavy (non-hydrogen) atoms. The summed E-state index contributed by atoms with van der Waals surface area (Å²) >= 11 is 5.11. The molecule has 2 heterocycles. The molecule has 2 aromatic rings. The third-order valence-corrected chi connectivity index (χ3v) is 5.10. The van der Waals surface area contributed by atoms with Crippen LogP contribution in [0.1, 0.15) is 34.1 Å². The molecule has 1 atom stereocenters. The molecule has 104 valence electrons. The van der Waals surface area contributed by atoms with E-state index in [1.165, 1.54) is 4.88 Å². The summed E-state index contributed by atoms with van der Waals surface area (Å²) in [6, 6.07) is 9.77. The van der Waals surface area contributed by atoms with E-state index in [0.717, 1.165) is 23.9 Å². The van der Waals surface area contributed by atoms with Crippen molar-refractivity contribution in [3.8, 4) is 0 Å². The van der Waals surface area contributed by atoms with Gasteiger partial charge in [-0.25, -0.2) is 0 Å². The monoisotopic (exact) mass is 350 g/mol. The number of thiophene rings is 1. The van der Waals surface area contributed by atoms with Crippen LogP contribution in [-0.2, 0) is 0 Å². The van der Waals surface area contributed by atoms with Gasteiger partial charge in [-0.2, -0.15) is 0 Å². The standard InChI is InChI=1S/C15H15BrN2OS/c16-10-5-6-12(17)11(9-10)15(19)18-7-1-3-13(18)14-4-2-8-20-14/h2,4-6,8-9,13H,1,3,7,17H2. The number of hydrogen-bond donors (Lipinski definition) is 1. The molecule has 0 radical (unpaired) electrons. The van der Waals surface area contributed by atoms with Crippen molar-refractivity contribution in [2.24, 2.45) is 0 Å². The second kappa shape index (κ2) is 5.58. The Bertz CT molecular complexity index is 627. The molecular formula is C15H15BrN2OS. The first-order chi connectivity index (χ1) is 9.66. The number of nitrogens with two attached hydrogens (primary N) is 1. The van der Waals surface area contributed by atoms with Crippen LogP contribution < -0.4 is 5.73 Å². The van der Waals surface area contributed by atoms with Crippen molar-refractivity contribution >= 4 is 38.9 Å². The lowest BCUT2D eigenvalue weighted by Crippen LogP contribution is -2.30. The summed E-state index contributed by atoms with van der Waals surface area (Å²) in [6.07, 6.45) is 2.07. The molecular weight excluding hydrogens is 336 g/mol. The molecule has 1 aliphatic heterocycles. The van der Waals surface area contributed by atoms with E-state index in [-0.39, 0.29) is 11.9 Å². The first kappa shape index (κ1) is 13.6. The SMILES string of the molecule is Nc1ccc(Br)cc1C(=O)N1CCCC1c1cccs1. The molecule has 0 aliphatic carbocycles. The fourth-order valence-electron chi connectivity index (χ4n) is 2.65. The van der Waals surface area contributed by atoms with Gasteiger partial charge in [-0.1, -0.05) is 22.0 Å². The number of hydrogen-bond acceptors (Lipinski definition) is 3. The number of likely N-dealkylation sites (tertiary alicyclic amines) is 1. The first-order valence-corrected chi connectivity index (χ1v) is 8.23. The first-order valence-electron chi connectivity index (χ1n) is 6.56. The number of nitrogen functional groups attached to an aromatic ring is 1. The van der Waals surface area contributed by atoms with E-state index in [1.54, 1.807) is 17.4 Å². The number of anilines is 1. The van der Waals surface area contributed by atoms with Crippen molar-refractivity contribution in [3.05, 3.63) is 50.6 Å². The van der Waals surface area contributed by atoms with Crippen LogP contribution in [0.4, 0.5) is 5.69 Å². The largest absolute Gasteiger partial charge is 0.398 e. The minimum absolute atomic E-state index is 0.0275. The molecule has 1 amide bonds. The summed E-state index contributed by atoms with van der Waals surface area (Å²) in [5.41, 5.74) is 7.08. The van der Waals surface area contributed by atoms with Crippen LogP contribution in [0.3, 0.4) is 0 Å². The highest BCUT2D eigenvalue weighted by atomic mass is 79.9. The minimum Gasteiger partial charge on any atom is -0.398 e. The quantitative estimate of drug-likeness (QED) is 0.829. The Labute approximate surface area is 130 Å². The fraction of sp³-hybridized carbons (Fsp3) is 0.267. The van der Waals surface area contributed by atoms with Gasteiger partial charge in [-0.15, -0.1) is 11.3 Å². The molecule has 5 heteroatoms. The van der Waals surface area contributed by atoms with Crippen LogP contribution in [0.2, 0.25) is 0 Å². The fourth-order valence-corrected chi connectivity index (χ4v) is 3.89. The van der Waals surface area contributed by atoms with E-state index in [1.807, 2.05) is 23.1 Å². The van der Waals surface area contributed by atoms with Gasteiger partial charge in [0.05, 0.1) is 11.6 Å². The van der Waals surface area contributed by atoms with Gasteiger partial charge in [-0.3, -0.25) is 4.79 Å². The molecule has 3 nitrogen and oxygen atoms in total. The number of amides is 1. The second-order valence-electron chi connectivity index (χ2n) is 4.90.